The van der Waals surface area contributed by atoms with Gasteiger partial charge in [-0.1, -0.05) is 10.6 Å². The van der Waals surface area contributed by atoms with Crippen molar-refractivity contribution in [2.45, 2.75) is 12.5 Å². The van der Waals surface area contributed by atoms with Gasteiger partial charge in [0.1, 0.15) is 17.3 Å². The molecule has 0 bridgehead atoms. The predicted octanol–water partition coefficient (Wildman–Crippen LogP) is 1.83. The van der Waals surface area contributed by atoms with Gasteiger partial charge in [0.25, 0.3) is 5.91 Å². The molecule has 8 heteroatoms. The number of nitrogens with one attached hydrogen (secondary N) is 1. The number of carbonyl (C=O) groups excluding carboxylic acids is 1. The molecule has 1 N–H and O–H groups in total. The van der Waals surface area contributed by atoms with Crippen LogP contribution in [0.3, 0.4) is 0 Å². The van der Waals surface area contributed by atoms with Gasteiger partial charge >= 0.3 is 0 Å². The first-order valence-electron chi connectivity index (χ1n) is 6.42. The van der Waals surface area contributed by atoms with Crippen molar-refractivity contribution in [1.29, 1.82) is 0 Å². The maximum atomic E-state index is 13.7. The lowest BCUT2D eigenvalue weighted by molar-refractivity contribution is 0.0935. The summed E-state index contributed by atoms with van der Waals surface area (Å²) in [7, 11) is 0. The molecule has 5 nitrogen and oxygen atoms in total. The van der Waals surface area contributed by atoms with Crippen LogP contribution in [0, 0.1) is 11.6 Å². The molecule has 0 radical (unpaired) electrons. The molecule has 2 heterocycles. The molecular weight excluding hydrogens is 298 g/mol. The number of carbonyl (C=O) groups is 1. The molecule has 0 saturated carbocycles. The maximum absolute atomic E-state index is 13.7. The molecule has 0 spiro atoms. The number of nitrogens with zero attached hydrogens (tertiary/aromatic N) is 3. The van der Waals surface area contributed by atoms with E-state index in [9.17, 15) is 13.6 Å². The number of amides is 1. The van der Waals surface area contributed by atoms with Crippen LogP contribution >= 0.6 is 11.5 Å². The molecule has 21 heavy (non-hydrogen) atoms. The van der Waals surface area contributed by atoms with Crippen LogP contribution in [0.2, 0.25) is 0 Å². The van der Waals surface area contributed by atoms with Crippen molar-refractivity contribution in [2.75, 3.05) is 18.0 Å². The van der Waals surface area contributed by atoms with E-state index in [1.54, 1.807) is 10.3 Å². The Morgan fingerprint density at radius 2 is 2.14 bits per heavy atom. The van der Waals surface area contributed by atoms with E-state index in [0.29, 0.717) is 19.5 Å². The van der Waals surface area contributed by atoms with E-state index in [-0.39, 0.29) is 23.3 Å². The van der Waals surface area contributed by atoms with Gasteiger partial charge in [-0.2, -0.15) is 0 Å². The third-order valence-electron chi connectivity index (χ3n) is 3.37. The molecule has 1 fully saturated rings. The van der Waals surface area contributed by atoms with Gasteiger partial charge in [0.05, 0.1) is 0 Å². The van der Waals surface area contributed by atoms with Crippen LogP contribution in [0.4, 0.5) is 14.5 Å². The number of aromatic nitrogens is 2. The molecule has 0 unspecified atom stereocenters. The molecule has 1 atom stereocenters. The standard InChI is InChI=1S/C13H12F2N4OS/c14-9-2-1-3-10(15)12(9)19-5-4-8(6-19)16-13(20)11-7-21-18-17-11/h1-3,7-8H,4-6H2,(H,16,20)/t8-/m1/s1. The Labute approximate surface area is 123 Å². The highest BCUT2D eigenvalue weighted by Gasteiger charge is 2.28. The predicted molar refractivity (Wildman–Crippen MR) is 74.4 cm³/mol. The highest BCUT2D eigenvalue weighted by atomic mass is 32.1. The Bertz CT molecular complexity index is 629. The zero-order valence-electron chi connectivity index (χ0n) is 10.9. The number of halogens is 2. The summed E-state index contributed by atoms with van der Waals surface area (Å²) >= 11 is 1.10. The van der Waals surface area contributed by atoms with Crippen molar-refractivity contribution >= 4 is 23.1 Å². The number of rotatable bonds is 3. The third-order valence-corrected chi connectivity index (χ3v) is 3.87. The molecular formula is C13H12F2N4OS. The Morgan fingerprint density at radius 1 is 1.38 bits per heavy atom. The SMILES string of the molecule is O=C(N[C@@H]1CCN(c2c(F)cccc2F)C1)c1csnn1. The Kier molecular flexibility index (Phi) is 3.78. The summed E-state index contributed by atoms with van der Waals surface area (Å²) in [5.74, 6) is -1.50. The van der Waals surface area contributed by atoms with Crippen LogP contribution in [-0.4, -0.2) is 34.6 Å². The normalized spacial score (nSPS) is 18.0. The fourth-order valence-corrected chi connectivity index (χ4v) is 2.83. The quantitative estimate of drug-likeness (QED) is 0.939. The molecule has 0 aliphatic carbocycles. The average molecular weight is 310 g/mol. The second kappa shape index (κ2) is 5.72. The van der Waals surface area contributed by atoms with Gasteiger partial charge in [-0.3, -0.25) is 4.79 Å². The molecule has 110 valence electrons. The fraction of sp³-hybridized carbons (Fsp3) is 0.308. The van der Waals surface area contributed by atoms with E-state index in [1.165, 1.54) is 18.2 Å². The minimum absolute atomic E-state index is 0.0374. The first kappa shape index (κ1) is 13.9. The molecule has 1 aromatic heterocycles. The summed E-state index contributed by atoms with van der Waals surface area (Å²) in [5, 5.41) is 8.04. The Hall–Kier alpha value is -2.09. The molecule has 3 rings (SSSR count). The number of para-hydroxylation sites is 1. The third kappa shape index (κ3) is 2.85. The molecule has 2 aromatic rings. The van der Waals surface area contributed by atoms with E-state index in [2.05, 4.69) is 14.9 Å². The van der Waals surface area contributed by atoms with Crippen LogP contribution < -0.4 is 10.2 Å². The lowest BCUT2D eigenvalue weighted by Gasteiger charge is -2.20. The summed E-state index contributed by atoms with van der Waals surface area (Å²) in [6.07, 6.45) is 0.622. The highest BCUT2D eigenvalue weighted by Crippen LogP contribution is 2.26. The number of hydrogen-bond donors (Lipinski definition) is 1. The molecule has 1 saturated heterocycles. The van der Waals surface area contributed by atoms with Gasteiger partial charge in [0, 0.05) is 24.5 Å². The lowest BCUT2D eigenvalue weighted by atomic mass is 10.2. The minimum atomic E-state index is -0.592. The first-order valence-corrected chi connectivity index (χ1v) is 7.25. The van der Waals surface area contributed by atoms with Gasteiger partial charge in [-0.05, 0) is 30.1 Å². The largest absolute Gasteiger partial charge is 0.365 e. The smallest absolute Gasteiger partial charge is 0.273 e. The van der Waals surface area contributed by atoms with E-state index in [4.69, 9.17) is 0 Å². The van der Waals surface area contributed by atoms with E-state index in [1.807, 2.05) is 0 Å². The number of anilines is 1. The maximum Gasteiger partial charge on any atom is 0.273 e. The minimum Gasteiger partial charge on any atom is -0.365 e. The lowest BCUT2D eigenvalue weighted by Crippen LogP contribution is -2.37. The monoisotopic (exact) mass is 310 g/mol. The zero-order chi connectivity index (χ0) is 14.8. The van der Waals surface area contributed by atoms with Crippen molar-refractivity contribution in [3.8, 4) is 0 Å². The topological polar surface area (TPSA) is 58.1 Å². The van der Waals surface area contributed by atoms with Crippen LogP contribution in [0.1, 0.15) is 16.9 Å². The van der Waals surface area contributed by atoms with Crippen molar-refractivity contribution in [3.63, 3.8) is 0 Å². The second-order valence-electron chi connectivity index (χ2n) is 4.77. The van der Waals surface area contributed by atoms with Crippen molar-refractivity contribution in [1.82, 2.24) is 14.9 Å². The van der Waals surface area contributed by atoms with Crippen LogP contribution in [0.15, 0.2) is 23.6 Å². The Morgan fingerprint density at radius 3 is 2.81 bits per heavy atom. The van der Waals surface area contributed by atoms with Crippen molar-refractivity contribution in [3.05, 3.63) is 40.9 Å². The van der Waals surface area contributed by atoms with Gasteiger partial charge in [0.2, 0.25) is 0 Å². The summed E-state index contributed by atoms with van der Waals surface area (Å²) < 4.78 is 31.1. The molecule has 1 aliphatic heterocycles. The summed E-state index contributed by atoms with van der Waals surface area (Å²) in [4.78, 5) is 13.5. The first-order chi connectivity index (χ1) is 10.1. The van der Waals surface area contributed by atoms with Crippen molar-refractivity contribution < 1.29 is 13.6 Å². The molecule has 1 aromatic carbocycles. The molecule has 1 aliphatic rings. The fourth-order valence-electron chi connectivity index (χ4n) is 2.40. The number of benzene rings is 1. The van der Waals surface area contributed by atoms with Crippen LogP contribution in [-0.2, 0) is 0 Å². The van der Waals surface area contributed by atoms with E-state index >= 15 is 0 Å². The molecule has 1 amide bonds. The van der Waals surface area contributed by atoms with Gasteiger partial charge < -0.3 is 10.2 Å². The van der Waals surface area contributed by atoms with Crippen LogP contribution in [0.5, 0.6) is 0 Å². The van der Waals surface area contributed by atoms with Crippen LogP contribution in [0.25, 0.3) is 0 Å². The van der Waals surface area contributed by atoms with Gasteiger partial charge in [-0.25, -0.2) is 8.78 Å². The van der Waals surface area contributed by atoms with Gasteiger partial charge in [-0.15, -0.1) is 5.10 Å². The number of hydrogen-bond acceptors (Lipinski definition) is 5. The van der Waals surface area contributed by atoms with Crippen molar-refractivity contribution in [2.24, 2.45) is 0 Å². The van der Waals surface area contributed by atoms with E-state index < -0.39 is 11.6 Å². The summed E-state index contributed by atoms with van der Waals surface area (Å²) in [5.41, 5.74) is 0.222. The second-order valence-corrected chi connectivity index (χ2v) is 5.38. The van der Waals surface area contributed by atoms with E-state index in [0.717, 1.165) is 11.5 Å². The Balaban J connectivity index is 1.67. The van der Waals surface area contributed by atoms with Gasteiger partial charge in [0.15, 0.2) is 5.69 Å². The summed E-state index contributed by atoms with van der Waals surface area (Å²) in [6.45, 7) is 0.847. The highest BCUT2D eigenvalue weighted by molar-refractivity contribution is 7.03. The summed E-state index contributed by atoms with van der Waals surface area (Å²) in [6, 6.07) is 3.62. The zero-order valence-corrected chi connectivity index (χ0v) is 11.7. The average Bonchev–Trinajstić information content (AvgIpc) is 3.10.